The van der Waals surface area contributed by atoms with Gasteiger partial charge >= 0.3 is 0 Å². The molecule has 1 amide bonds. The highest BCUT2D eigenvalue weighted by atomic mass is 16.3. The van der Waals surface area contributed by atoms with Crippen molar-refractivity contribution in [2.45, 2.75) is 56.6 Å². The van der Waals surface area contributed by atoms with Crippen LogP contribution < -0.4 is 0 Å². The summed E-state index contributed by atoms with van der Waals surface area (Å²) in [4.78, 5) is 19.8. The standard InChI is InChI=1S/C22H24N2O2/c1-24-14-23-22(20(24)26)19-12-16(5-4-15-2-3-15)6-7-17(19)13-21(22)10-8-18(25)9-11-21/h6-7,12,14-15,18,25H,2-3,8-11,13H2,1H3. The minimum Gasteiger partial charge on any atom is -0.393 e. The van der Waals surface area contributed by atoms with Gasteiger partial charge in [-0.3, -0.25) is 9.79 Å². The number of hydrogen-bond donors (Lipinski definition) is 1. The average molecular weight is 348 g/mol. The van der Waals surface area contributed by atoms with Crippen LogP contribution in [0.3, 0.4) is 0 Å². The first-order valence-electron chi connectivity index (χ1n) is 9.70. The third-order valence-electron chi connectivity index (χ3n) is 6.76. The van der Waals surface area contributed by atoms with Crippen LogP contribution in [0.5, 0.6) is 0 Å². The third kappa shape index (κ3) is 2.13. The molecule has 0 bridgehead atoms. The molecular formula is C22H24N2O2. The van der Waals surface area contributed by atoms with Crippen molar-refractivity contribution in [3.63, 3.8) is 0 Å². The fourth-order valence-electron chi connectivity index (χ4n) is 5.11. The number of likely N-dealkylation sites (N-methyl/N-ethyl adjacent to an activating group) is 1. The molecule has 1 N–H and O–H groups in total. The summed E-state index contributed by atoms with van der Waals surface area (Å²) in [7, 11) is 1.79. The lowest BCUT2D eigenvalue weighted by molar-refractivity contribution is -0.137. The molecule has 1 aliphatic heterocycles. The Morgan fingerprint density at radius 2 is 2.00 bits per heavy atom. The Morgan fingerprint density at radius 3 is 2.65 bits per heavy atom. The van der Waals surface area contributed by atoms with E-state index in [1.807, 2.05) is 0 Å². The Bertz CT molecular complexity index is 866. The Kier molecular flexibility index (Phi) is 3.36. The van der Waals surface area contributed by atoms with Crippen LogP contribution in [0, 0.1) is 23.2 Å². The number of amides is 1. The minimum absolute atomic E-state index is 0.0694. The number of aliphatic imine (C=N–C) groups is 1. The van der Waals surface area contributed by atoms with Crippen LogP contribution in [0.15, 0.2) is 23.2 Å². The molecule has 1 atom stereocenters. The van der Waals surface area contributed by atoms with Crippen molar-refractivity contribution >= 4 is 12.2 Å². The van der Waals surface area contributed by atoms with Gasteiger partial charge in [0, 0.05) is 23.9 Å². The maximum atomic E-state index is 13.3. The zero-order valence-electron chi connectivity index (χ0n) is 15.2. The summed E-state index contributed by atoms with van der Waals surface area (Å²) in [6.07, 6.45) is 7.88. The van der Waals surface area contributed by atoms with Crippen molar-refractivity contribution in [2.75, 3.05) is 7.05 Å². The molecule has 2 fully saturated rings. The van der Waals surface area contributed by atoms with Crippen LogP contribution in [0.25, 0.3) is 0 Å². The van der Waals surface area contributed by atoms with Gasteiger partial charge in [-0.25, -0.2) is 0 Å². The van der Waals surface area contributed by atoms with E-state index < -0.39 is 5.54 Å². The number of nitrogens with zero attached hydrogens (tertiary/aromatic N) is 2. The van der Waals surface area contributed by atoms with Gasteiger partial charge in [0.1, 0.15) is 0 Å². The Balaban J connectivity index is 1.63. The molecule has 4 aliphatic rings. The number of benzene rings is 1. The van der Waals surface area contributed by atoms with E-state index in [1.165, 1.54) is 18.4 Å². The molecule has 134 valence electrons. The molecule has 4 heteroatoms. The summed E-state index contributed by atoms with van der Waals surface area (Å²) >= 11 is 0. The van der Waals surface area contributed by atoms with E-state index in [9.17, 15) is 9.90 Å². The number of hydrogen-bond acceptors (Lipinski definition) is 3. The quantitative estimate of drug-likeness (QED) is 0.733. The first-order valence-corrected chi connectivity index (χ1v) is 9.70. The van der Waals surface area contributed by atoms with Gasteiger partial charge in [0.05, 0.1) is 12.4 Å². The van der Waals surface area contributed by atoms with Crippen molar-refractivity contribution in [2.24, 2.45) is 16.3 Å². The van der Waals surface area contributed by atoms with Gasteiger partial charge in [-0.05, 0) is 68.2 Å². The van der Waals surface area contributed by atoms with E-state index in [1.54, 1.807) is 18.3 Å². The second-order valence-electron chi connectivity index (χ2n) is 8.47. The van der Waals surface area contributed by atoms with E-state index >= 15 is 0 Å². The van der Waals surface area contributed by atoms with Gasteiger partial charge in [0.25, 0.3) is 5.91 Å². The van der Waals surface area contributed by atoms with Crippen molar-refractivity contribution in [3.8, 4) is 11.8 Å². The average Bonchev–Trinajstić information content (AvgIpc) is 3.38. The van der Waals surface area contributed by atoms with Gasteiger partial charge in [0.2, 0.25) is 0 Å². The van der Waals surface area contributed by atoms with Crippen LogP contribution in [-0.2, 0) is 16.8 Å². The zero-order valence-corrected chi connectivity index (χ0v) is 15.2. The fraction of sp³-hybridized carbons (Fsp3) is 0.545. The lowest BCUT2D eigenvalue weighted by atomic mass is 9.61. The number of carbonyl (C=O) groups excluding carboxylic acids is 1. The number of carbonyl (C=O) groups is 1. The van der Waals surface area contributed by atoms with Crippen molar-refractivity contribution in [1.29, 1.82) is 0 Å². The molecule has 1 unspecified atom stereocenters. The van der Waals surface area contributed by atoms with Crippen LogP contribution in [0.2, 0.25) is 0 Å². The summed E-state index contributed by atoms with van der Waals surface area (Å²) < 4.78 is 0. The van der Waals surface area contributed by atoms with Crippen molar-refractivity contribution in [3.05, 3.63) is 34.9 Å². The van der Waals surface area contributed by atoms with E-state index in [2.05, 4.69) is 30.0 Å². The monoisotopic (exact) mass is 348 g/mol. The first kappa shape index (κ1) is 16.1. The fourth-order valence-corrected chi connectivity index (χ4v) is 5.11. The highest BCUT2D eigenvalue weighted by Gasteiger charge is 2.64. The SMILES string of the molecule is CN1C=NC2(C1=O)c1cc(C#CC3CC3)ccc1CC21CCC(O)CC1. The lowest BCUT2D eigenvalue weighted by Crippen LogP contribution is -2.50. The highest BCUT2D eigenvalue weighted by molar-refractivity contribution is 6.02. The Morgan fingerprint density at radius 1 is 1.23 bits per heavy atom. The number of rotatable bonds is 0. The minimum atomic E-state index is -0.825. The molecule has 1 heterocycles. The summed E-state index contributed by atoms with van der Waals surface area (Å²) in [6, 6.07) is 6.35. The van der Waals surface area contributed by atoms with E-state index in [4.69, 9.17) is 4.99 Å². The van der Waals surface area contributed by atoms with Crippen molar-refractivity contribution < 1.29 is 9.90 Å². The van der Waals surface area contributed by atoms with Gasteiger partial charge in [-0.15, -0.1) is 0 Å². The predicted octanol–water partition coefficient (Wildman–Crippen LogP) is 2.62. The molecule has 0 saturated heterocycles. The lowest BCUT2D eigenvalue weighted by Gasteiger charge is -2.44. The molecule has 26 heavy (non-hydrogen) atoms. The number of aliphatic hydroxyl groups is 1. The summed E-state index contributed by atoms with van der Waals surface area (Å²) in [5.41, 5.74) is 2.21. The van der Waals surface area contributed by atoms with Gasteiger partial charge in [-0.2, -0.15) is 0 Å². The normalized spacial score (nSPS) is 35.1. The molecule has 2 saturated carbocycles. The maximum Gasteiger partial charge on any atom is 0.260 e. The molecule has 3 aliphatic carbocycles. The smallest absolute Gasteiger partial charge is 0.260 e. The molecule has 0 aromatic heterocycles. The Labute approximate surface area is 154 Å². The molecule has 4 nitrogen and oxygen atoms in total. The number of fused-ring (bicyclic) bond motifs is 3. The highest BCUT2D eigenvalue weighted by Crippen LogP contribution is 2.61. The second-order valence-corrected chi connectivity index (χ2v) is 8.47. The summed E-state index contributed by atoms with van der Waals surface area (Å²) in [6.45, 7) is 0. The molecule has 1 aromatic rings. The second kappa shape index (κ2) is 5.44. The topological polar surface area (TPSA) is 52.9 Å². The number of aliphatic hydroxyl groups excluding tert-OH is 1. The van der Waals surface area contributed by atoms with Crippen LogP contribution in [-0.4, -0.2) is 35.4 Å². The van der Waals surface area contributed by atoms with E-state index in [0.29, 0.717) is 5.92 Å². The molecule has 2 spiro atoms. The molecule has 1 aromatic carbocycles. The molecular weight excluding hydrogens is 324 g/mol. The summed E-state index contributed by atoms with van der Waals surface area (Å²) in [5.74, 6) is 7.25. The first-order chi connectivity index (χ1) is 12.5. The molecule has 0 radical (unpaired) electrons. The maximum absolute atomic E-state index is 13.3. The zero-order chi connectivity index (χ0) is 17.9. The van der Waals surface area contributed by atoms with E-state index in [0.717, 1.165) is 43.2 Å². The van der Waals surface area contributed by atoms with Gasteiger partial charge in [0.15, 0.2) is 5.54 Å². The van der Waals surface area contributed by atoms with Crippen LogP contribution in [0.4, 0.5) is 0 Å². The van der Waals surface area contributed by atoms with Crippen LogP contribution in [0.1, 0.15) is 55.2 Å². The van der Waals surface area contributed by atoms with Crippen molar-refractivity contribution in [1.82, 2.24) is 4.90 Å². The van der Waals surface area contributed by atoms with E-state index in [-0.39, 0.29) is 17.4 Å². The predicted molar refractivity (Wildman–Crippen MR) is 99.6 cm³/mol. The summed E-state index contributed by atoms with van der Waals surface area (Å²) in [5, 5.41) is 10.0. The third-order valence-corrected chi connectivity index (χ3v) is 6.76. The van der Waals surface area contributed by atoms with Crippen LogP contribution >= 0.6 is 0 Å². The Hall–Kier alpha value is -2.12. The largest absolute Gasteiger partial charge is 0.393 e. The van der Waals surface area contributed by atoms with Gasteiger partial charge in [-0.1, -0.05) is 17.9 Å². The molecule has 5 rings (SSSR count). The van der Waals surface area contributed by atoms with Gasteiger partial charge < -0.3 is 10.0 Å².